The highest BCUT2D eigenvalue weighted by Gasteiger charge is 2.09. The molecule has 2 heterocycles. The highest BCUT2D eigenvalue weighted by atomic mass is 16.5. The second-order valence-corrected chi connectivity index (χ2v) is 4.49. The van der Waals surface area contributed by atoms with Crippen LogP contribution in [0.3, 0.4) is 0 Å². The quantitative estimate of drug-likeness (QED) is 0.798. The maximum Gasteiger partial charge on any atom is 0.274 e. The number of nitrogens with zero attached hydrogens (tertiary/aromatic N) is 2. The minimum absolute atomic E-state index is 0.283. The number of nitrogens with one attached hydrogen (secondary N) is 1. The number of pyridine rings is 2. The van der Waals surface area contributed by atoms with Gasteiger partial charge in [-0.2, -0.15) is 0 Å². The number of amides is 1. The van der Waals surface area contributed by atoms with Crippen LogP contribution in [0.4, 0.5) is 5.69 Å². The third-order valence-electron chi connectivity index (χ3n) is 2.87. The molecule has 0 fully saturated rings. The molecule has 5 heteroatoms. The molecule has 1 amide bonds. The highest BCUT2D eigenvalue weighted by Crippen LogP contribution is 2.20. The number of carbonyl (C=O) groups excluding carboxylic acids is 1. The number of carbonyl (C=O) groups is 1. The lowest BCUT2D eigenvalue weighted by Gasteiger charge is -2.07. The van der Waals surface area contributed by atoms with Gasteiger partial charge in [0, 0.05) is 24.1 Å². The predicted octanol–water partition coefficient (Wildman–Crippen LogP) is 3.52. The van der Waals surface area contributed by atoms with Crippen LogP contribution in [0.2, 0.25) is 0 Å². The average molecular weight is 291 g/mol. The Morgan fingerprint density at radius 2 is 1.82 bits per heavy atom. The minimum atomic E-state index is -0.289. The molecule has 0 saturated heterocycles. The summed E-state index contributed by atoms with van der Waals surface area (Å²) in [4.78, 5) is 20.2. The standard InChI is InChI=1S/C17H13N3O2/c21-17(20-13-5-2-1-3-6-13)16-11-14(8-10-19-16)22-15-7-4-9-18-12-15/h1-12H,(H,20,21). The van der Waals surface area contributed by atoms with Crippen LogP contribution in [0.15, 0.2) is 73.2 Å². The van der Waals surface area contributed by atoms with Crippen molar-refractivity contribution >= 4 is 11.6 Å². The Labute approximate surface area is 127 Å². The molecular weight excluding hydrogens is 278 g/mol. The summed E-state index contributed by atoms with van der Waals surface area (Å²) in [6, 6.07) is 16.1. The first-order valence-corrected chi connectivity index (χ1v) is 6.71. The monoisotopic (exact) mass is 291 g/mol. The van der Waals surface area contributed by atoms with Crippen LogP contribution in [0.1, 0.15) is 10.5 Å². The van der Waals surface area contributed by atoms with Gasteiger partial charge in [0.2, 0.25) is 0 Å². The number of para-hydroxylation sites is 1. The minimum Gasteiger partial charge on any atom is -0.456 e. The third kappa shape index (κ3) is 3.46. The molecule has 0 unspecified atom stereocenters. The summed E-state index contributed by atoms with van der Waals surface area (Å²) in [5, 5.41) is 2.78. The fraction of sp³-hybridized carbons (Fsp3) is 0. The second kappa shape index (κ2) is 6.49. The smallest absolute Gasteiger partial charge is 0.274 e. The number of anilines is 1. The number of hydrogen-bond donors (Lipinski definition) is 1. The van der Waals surface area contributed by atoms with Crippen molar-refractivity contribution in [2.24, 2.45) is 0 Å². The van der Waals surface area contributed by atoms with Crippen molar-refractivity contribution < 1.29 is 9.53 Å². The van der Waals surface area contributed by atoms with Gasteiger partial charge < -0.3 is 10.1 Å². The number of benzene rings is 1. The molecule has 0 saturated carbocycles. The Morgan fingerprint density at radius 1 is 0.955 bits per heavy atom. The first-order chi connectivity index (χ1) is 10.8. The van der Waals surface area contributed by atoms with Gasteiger partial charge in [0.05, 0.1) is 6.20 Å². The van der Waals surface area contributed by atoms with E-state index in [0.29, 0.717) is 17.2 Å². The molecule has 0 aliphatic heterocycles. The largest absolute Gasteiger partial charge is 0.456 e. The van der Waals surface area contributed by atoms with Crippen LogP contribution in [-0.4, -0.2) is 15.9 Å². The van der Waals surface area contributed by atoms with Crippen LogP contribution in [-0.2, 0) is 0 Å². The Morgan fingerprint density at radius 3 is 2.59 bits per heavy atom. The van der Waals surface area contributed by atoms with Crippen LogP contribution >= 0.6 is 0 Å². The van der Waals surface area contributed by atoms with Crippen molar-refractivity contribution in [2.45, 2.75) is 0 Å². The van der Waals surface area contributed by atoms with E-state index in [4.69, 9.17) is 4.74 Å². The maximum absolute atomic E-state index is 12.2. The van der Waals surface area contributed by atoms with E-state index in [0.717, 1.165) is 0 Å². The molecule has 1 aromatic carbocycles. The van der Waals surface area contributed by atoms with Gasteiger partial charge in [-0.15, -0.1) is 0 Å². The van der Waals surface area contributed by atoms with Crippen LogP contribution in [0, 0.1) is 0 Å². The Bertz CT molecular complexity index is 761. The first-order valence-electron chi connectivity index (χ1n) is 6.71. The zero-order valence-electron chi connectivity index (χ0n) is 11.6. The maximum atomic E-state index is 12.2. The number of hydrogen-bond acceptors (Lipinski definition) is 4. The van der Waals surface area contributed by atoms with Gasteiger partial charge in [-0.25, -0.2) is 0 Å². The van der Waals surface area contributed by atoms with E-state index in [9.17, 15) is 4.79 Å². The fourth-order valence-electron chi connectivity index (χ4n) is 1.86. The van der Waals surface area contributed by atoms with Crippen LogP contribution < -0.4 is 10.1 Å². The molecule has 22 heavy (non-hydrogen) atoms. The van der Waals surface area contributed by atoms with Crippen LogP contribution in [0.25, 0.3) is 0 Å². The molecule has 0 aliphatic carbocycles. The molecule has 0 radical (unpaired) electrons. The molecule has 3 aromatic rings. The SMILES string of the molecule is O=C(Nc1ccccc1)c1cc(Oc2cccnc2)ccn1. The lowest BCUT2D eigenvalue weighted by atomic mass is 10.3. The van der Waals surface area contributed by atoms with Crippen molar-refractivity contribution in [3.05, 3.63) is 78.9 Å². The summed E-state index contributed by atoms with van der Waals surface area (Å²) >= 11 is 0. The van der Waals surface area contributed by atoms with Gasteiger partial charge >= 0.3 is 0 Å². The van der Waals surface area contributed by atoms with Gasteiger partial charge in [0.1, 0.15) is 17.2 Å². The second-order valence-electron chi connectivity index (χ2n) is 4.49. The van der Waals surface area contributed by atoms with Crippen molar-refractivity contribution in [2.75, 3.05) is 5.32 Å². The summed E-state index contributed by atoms with van der Waals surface area (Å²) in [7, 11) is 0. The van der Waals surface area contributed by atoms with Crippen molar-refractivity contribution in [3.63, 3.8) is 0 Å². The van der Waals surface area contributed by atoms with Gasteiger partial charge in [-0.3, -0.25) is 14.8 Å². The number of ether oxygens (including phenoxy) is 1. The van der Waals surface area contributed by atoms with Crippen molar-refractivity contribution in [3.8, 4) is 11.5 Å². The van der Waals surface area contributed by atoms with Gasteiger partial charge in [0.25, 0.3) is 5.91 Å². The van der Waals surface area contributed by atoms with E-state index in [2.05, 4.69) is 15.3 Å². The van der Waals surface area contributed by atoms with E-state index < -0.39 is 0 Å². The molecular formula is C17H13N3O2. The van der Waals surface area contributed by atoms with E-state index in [1.165, 1.54) is 6.20 Å². The molecule has 0 atom stereocenters. The lowest BCUT2D eigenvalue weighted by Crippen LogP contribution is -2.13. The van der Waals surface area contributed by atoms with Gasteiger partial charge in [-0.1, -0.05) is 18.2 Å². The number of aromatic nitrogens is 2. The molecule has 2 aromatic heterocycles. The molecule has 3 rings (SSSR count). The molecule has 1 N–H and O–H groups in total. The first kappa shape index (κ1) is 13.8. The van der Waals surface area contributed by atoms with E-state index >= 15 is 0 Å². The Kier molecular flexibility index (Phi) is 4.06. The highest BCUT2D eigenvalue weighted by molar-refractivity contribution is 6.03. The normalized spacial score (nSPS) is 10.0. The summed E-state index contributed by atoms with van der Waals surface area (Å²) in [6.45, 7) is 0. The topological polar surface area (TPSA) is 64.1 Å². The Balaban J connectivity index is 1.75. The summed E-state index contributed by atoms with van der Waals surface area (Å²) < 4.78 is 5.64. The molecule has 0 spiro atoms. The van der Waals surface area contributed by atoms with E-state index in [1.54, 1.807) is 36.7 Å². The van der Waals surface area contributed by atoms with E-state index in [1.807, 2.05) is 30.3 Å². The molecule has 5 nitrogen and oxygen atoms in total. The predicted molar refractivity (Wildman–Crippen MR) is 82.9 cm³/mol. The average Bonchev–Trinajstić information content (AvgIpc) is 2.57. The van der Waals surface area contributed by atoms with Crippen molar-refractivity contribution in [1.29, 1.82) is 0 Å². The van der Waals surface area contributed by atoms with E-state index in [-0.39, 0.29) is 11.6 Å². The molecule has 108 valence electrons. The molecule has 0 bridgehead atoms. The number of rotatable bonds is 4. The zero-order chi connectivity index (χ0) is 15.2. The fourth-order valence-corrected chi connectivity index (χ4v) is 1.86. The zero-order valence-corrected chi connectivity index (χ0v) is 11.6. The molecule has 0 aliphatic rings. The summed E-state index contributed by atoms with van der Waals surface area (Å²) in [6.07, 6.45) is 4.80. The van der Waals surface area contributed by atoms with Gasteiger partial charge in [-0.05, 0) is 30.3 Å². The third-order valence-corrected chi connectivity index (χ3v) is 2.87. The van der Waals surface area contributed by atoms with Gasteiger partial charge in [0.15, 0.2) is 0 Å². The lowest BCUT2D eigenvalue weighted by molar-refractivity contribution is 0.102. The summed E-state index contributed by atoms with van der Waals surface area (Å²) in [5.74, 6) is 0.840. The summed E-state index contributed by atoms with van der Waals surface area (Å²) in [5.41, 5.74) is 0.998. The van der Waals surface area contributed by atoms with Crippen molar-refractivity contribution in [1.82, 2.24) is 9.97 Å². The Hall–Kier alpha value is -3.21. The van der Waals surface area contributed by atoms with Crippen LogP contribution in [0.5, 0.6) is 11.5 Å².